The summed E-state index contributed by atoms with van der Waals surface area (Å²) in [7, 11) is 0. The van der Waals surface area contributed by atoms with E-state index in [0.717, 1.165) is 19.0 Å². The van der Waals surface area contributed by atoms with E-state index in [1.807, 2.05) is 6.20 Å². The average molecular weight is 239 g/mol. The maximum absolute atomic E-state index is 4.42. The Bertz CT molecular complexity index is 318. The van der Waals surface area contributed by atoms with E-state index in [-0.39, 0.29) is 0 Å². The van der Waals surface area contributed by atoms with E-state index >= 15 is 0 Å². The van der Waals surface area contributed by atoms with Crippen molar-refractivity contribution in [2.24, 2.45) is 5.92 Å². The van der Waals surface area contributed by atoms with Gasteiger partial charge >= 0.3 is 0 Å². The fourth-order valence-corrected chi connectivity index (χ4v) is 2.90. The minimum absolute atomic E-state index is 0.389. The zero-order valence-electron chi connectivity index (χ0n) is 10.1. The standard InChI is InChI=1S/C12H21N3S/c1-9-6-15-12(16-9)10(2)14-8-11-4-3-5-13-7-11/h6,10-11,13-14H,3-5,7-8H2,1-2H3. The Balaban J connectivity index is 1.76. The van der Waals surface area contributed by atoms with Gasteiger partial charge in [0, 0.05) is 11.1 Å². The lowest BCUT2D eigenvalue weighted by Crippen LogP contribution is -2.36. The number of hydrogen-bond acceptors (Lipinski definition) is 4. The quantitative estimate of drug-likeness (QED) is 0.845. The first-order valence-electron chi connectivity index (χ1n) is 6.12. The number of thiazole rings is 1. The van der Waals surface area contributed by atoms with Crippen molar-refractivity contribution in [3.8, 4) is 0 Å². The monoisotopic (exact) mass is 239 g/mol. The van der Waals surface area contributed by atoms with Crippen LogP contribution in [0.3, 0.4) is 0 Å². The van der Waals surface area contributed by atoms with Crippen molar-refractivity contribution < 1.29 is 0 Å². The molecule has 1 fully saturated rings. The fourth-order valence-electron chi connectivity index (χ4n) is 2.10. The minimum atomic E-state index is 0.389. The normalized spacial score (nSPS) is 23.2. The van der Waals surface area contributed by atoms with Gasteiger partial charge in [0.1, 0.15) is 5.01 Å². The molecule has 1 saturated heterocycles. The van der Waals surface area contributed by atoms with Crippen LogP contribution in [0.1, 0.15) is 35.7 Å². The smallest absolute Gasteiger partial charge is 0.109 e. The summed E-state index contributed by atoms with van der Waals surface area (Å²) in [5.41, 5.74) is 0. The van der Waals surface area contributed by atoms with Crippen LogP contribution < -0.4 is 10.6 Å². The summed E-state index contributed by atoms with van der Waals surface area (Å²) in [5.74, 6) is 0.789. The van der Waals surface area contributed by atoms with E-state index in [0.29, 0.717) is 6.04 Å². The van der Waals surface area contributed by atoms with Crippen LogP contribution in [0.4, 0.5) is 0 Å². The van der Waals surface area contributed by atoms with E-state index in [9.17, 15) is 0 Å². The first-order chi connectivity index (χ1) is 7.75. The first kappa shape index (κ1) is 12.0. The molecule has 2 unspecified atom stereocenters. The number of nitrogens with zero attached hydrogens (tertiary/aromatic N) is 1. The number of aromatic nitrogens is 1. The third-order valence-corrected chi connectivity index (χ3v) is 4.22. The molecule has 3 nitrogen and oxygen atoms in total. The summed E-state index contributed by atoms with van der Waals surface area (Å²) in [5, 5.41) is 8.25. The highest BCUT2D eigenvalue weighted by atomic mass is 32.1. The van der Waals surface area contributed by atoms with Gasteiger partial charge < -0.3 is 10.6 Å². The highest BCUT2D eigenvalue weighted by molar-refractivity contribution is 7.11. The van der Waals surface area contributed by atoms with Crippen LogP contribution in [0.25, 0.3) is 0 Å². The zero-order chi connectivity index (χ0) is 11.4. The van der Waals surface area contributed by atoms with Crippen LogP contribution in [-0.4, -0.2) is 24.6 Å². The summed E-state index contributed by atoms with van der Waals surface area (Å²) < 4.78 is 0. The molecule has 2 N–H and O–H groups in total. The predicted octanol–water partition coefficient (Wildman–Crippen LogP) is 2.10. The molecule has 1 aliphatic rings. The van der Waals surface area contributed by atoms with Gasteiger partial charge in [-0.05, 0) is 52.2 Å². The molecule has 2 atom stereocenters. The van der Waals surface area contributed by atoms with E-state index in [1.54, 1.807) is 11.3 Å². The Morgan fingerprint density at radius 1 is 1.69 bits per heavy atom. The van der Waals surface area contributed by atoms with E-state index in [2.05, 4.69) is 29.5 Å². The Hall–Kier alpha value is -0.450. The van der Waals surface area contributed by atoms with Crippen molar-refractivity contribution in [3.05, 3.63) is 16.1 Å². The molecule has 0 amide bonds. The Morgan fingerprint density at radius 2 is 2.56 bits per heavy atom. The lowest BCUT2D eigenvalue weighted by atomic mass is 9.99. The predicted molar refractivity (Wildman–Crippen MR) is 68.9 cm³/mol. The molecule has 0 aliphatic carbocycles. The third kappa shape index (κ3) is 3.27. The van der Waals surface area contributed by atoms with Gasteiger partial charge in [0.25, 0.3) is 0 Å². The van der Waals surface area contributed by atoms with Crippen molar-refractivity contribution in [2.45, 2.75) is 32.7 Å². The first-order valence-corrected chi connectivity index (χ1v) is 6.94. The van der Waals surface area contributed by atoms with Gasteiger partial charge in [-0.15, -0.1) is 11.3 Å². The molecular formula is C12H21N3S. The fraction of sp³-hybridized carbons (Fsp3) is 0.750. The second kappa shape index (κ2) is 5.75. The summed E-state index contributed by atoms with van der Waals surface area (Å²) in [4.78, 5) is 5.71. The molecule has 1 aromatic rings. The van der Waals surface area contributed by atoms with Crippen molar-refractivity contribution in [2.75, 3.05) is 19.6 Å². The number of piperidine rings is 1. The molecule has 0 bridgehead atoms. The van der Waals surface area contributed by atoms with Crippen molar-refractivity contribution in [1.29, 1.82) is 0 Å². The Morgan fingerprint density at radius 3 is 3.19 bits per heavy atom. The van der Waals surface area contributed by atoms with Gasteiger partial charge in [-0.25, -0.2) is 4.98 Å². The van der Waals surface area contributed by atoms with E-state index in [4.69, 9.17) is 0 Å². The molecule has 16 heavy (non-hydrogen) atoms. The van der Waals surface area contributed by atoms with Crippen LogP contribution in [0, 0.1) is 12.8 Å². The van der Waals surface area contributed by atoms with Crippen LogP contribution in [0.5, 0.6) is 0 Å². The van der Waals surface area contributed by atoms with Crippen LogP contribution >= 0.6 is 11.3 Å². The summed E-state index contributed by atoms with van der Waals surface area (Å²) in [6.45, 7) is 7.77. The molecule has 1 aromatic heterocycles. The van der Waals surface area contributed by atoms with Gasteiger partial charge in [0.05, 0.1) is 6.04 Å². The second-order valence-corrected chi connectivity index (χ2v) is 5.92. The maximum Gasteiger partial charge on any atom is 0.109 e. The molecule has 2 heterocycles. The average Bonchev–Trinajstić information content (AvgIpc) is 2.74. The number of aryl methyl sites for hydroxylation is 1. The highest BCUT2D eigenvalue weighted by Gasteiger charge is 2.15. The number of nitrogens with one attached hydrogen (secondary N) is 2. The number of rotatable bonds is 4. The highest BCUT2D eigenvalue weighted by Crippen LogP contribution is 2.19. The molecule has 0 saturated carbocycles. The molecule has 0 aromatic carbocycles. The Kier molecular flexibility index (Phi) is 4.32. The van der Waals surface area contributed by atoms with Gasteiger partial charge in [-0.2, -0.15) is 0 Å². The van der Waals surface area contributed by atoms with Gasteiger partial charge in [-0.3, -0.25) is 0 Å². The van der Waals surface area contributed by atoms with Crippen molar-refractivity contribution in [3.63, 3.8) is 0 Å². The maximum atomic E-state index is 4.42. The number of hydrogen-bond donors (Lipinski definition) is 2. The lowest BCUT2D eigenvalue weighted by Gasteiger charge is -2.24. The third-order valence-electron chi connectivity index (χ3n) is 3.12. The molecular weight excluding hydrogens is 218 g/mol. The van der Waals surface area contributed by atoms with Gasteiger partial charge in [-0.1, -0.05) is 0 Å². The van der Waals surface area contributed by atoms with Gasteiger partial charge in [0.2, 0.25) is 0 Å². The molecule has 4 heteroatoms. The zero-order valence-corrected chi connectivity index (χ0v) is 10.9. The molecule has 1 aliphatic heterocycles. The van der Waals surface area contributed by atoms with Crippen LogP contribution in [0.15, 0.2) is 6.20 Å². The van der Waals surface area contributed by atoms with Crippen LogP contribution in [-0.2, 0) is 0 Å². The van der Waals surface area contributed by atoms with Crippen molar-refractivity contribution >= 4 is 11.3 Å². The van der Waals surface area contributed by atoms with Gasteiger partial charge in [0.15, 0.2) is 0 Å². The van der Waals surface area contributed by atoms with Crippen molar-refractivity contribution in [1.82, 2.24) is 15.6 Å². The summed E-state index contributed by atoms with van der Waals surface area (Å²) >= 11 is 1.79. The minimum Gasteiger partial charge on any atom is -0.316 e. The topological polar surface area (TPSA) is 37.0 Å². The lowest BCUT2D eigenvalue weighted by molar-refractivity contribution is 0.348. The second-order valence-electron chi connectivity index (χ2n) is 4.65. The summed E-state index contributed by atoms with van der Waals surface area (Å²) in [6.07, 6.45) is 4.63. The van der Waals surface area contributed by atoms with Crippen LogP contribution in [0.2, 0.25) is 0 Å². The Labute approximate surface area is 102 Å². The van der Waals surface area contributed by atoms with E-state index in [1.165, 1.54) is 29.3 Å². The molecule has 0 spiro atoms. The molecule has 90 valence electrons. The largest absolute Gasteiger partial charge is 0.316 e. The SMILES string of the molecule is Cc1cnc(C(C)NCC2CCCNC2)s1. The summed E-state index contributed by atoms with van der Waals surface area (Å²) in [6, 6.07) is 0.389. The molecule has 2 rings (SSSR count). The van der Waals surface area contributed by atoms with E-state index < -0.39 is 0 Å². The molecule has 0 radical (unpaired) electrons.